The van der Waals surface area contributed by atoms with Gasteiger partial charge in [-0.05, 0) is 48.8 Å². The Morgan fingerprint density at radius 2 is 1.70 bits per heavy atom. The summed E-state index contributed by atoms with van der Waals surface area (Å²) in [5, 5.41) is 14.4. The molecule has 2 rings (SSSR count). The minimum absolute atomic E-state index is 0.170. The van der Waals surface area contributed by atoms with E-state index in [9.17, 15) is 5.11 Å². The van der Waals surface area contributed by atoms with Gasteiger partial charge in [0.25, 0.3) is 0 Å². The molecule has 0 heterocycles. The third-order valence-corrected chi connectivity index (χ3v) is 4.59. The fraction of sp³-hybridized carbons (Fsp3) is 0.667. The molecule has 0 unspecified atom stereocenters. The molecule has 0 saturated heterocycles. The van der Waals surface area contributed by atoms with Crippen LogP contribution in [0.4, 0.5) is 0 Å². The molecule has 1 aromatic rings. The molecule has 0 atom stereocenters. The third kappa shape index (κ3) is 3.42. The minimum Gasteiger partial charge on any atom is -0.385 e. The summed E-state index contributed by atoms with van der Waals surface area (Å²) in [5.74, 6) is 0. The Hall–Kier alpha value is -0.860. The molecule has 1 aliphatic carbocycles. The van der Waals surface area contributed by atoms with E-state index in [1.165, 1.54) is 5.56 Å². The monoisotopic (exact) mass is 275 g/mol. The van der Waals surface area contributed by atoms with Gasteiger partial charge in [0.05, 0.1) is 5.60 Å². The van der Waals surface area contributed by atoms with Crippen molar-refractivity contribution in [2.75, 3.05) is 6.54 Å². The molecule has 1 aromatic carbocycles. The average molecular weight is 275 g/mol. The Kier molecular flexibility index (Phi) is 4.55. The van der Waals surface area contributed by atoms with E-state index >= 15 is 0 Å². The van der Waals surface area contributed by atoms with Gasteiger partial charge in [-0.1, -0.05) is 52.0 Å². The van der Waals surface area contributed by atoms with E-state index in [0.29, 0.717) is 6.04 Å². The highest BCUT2D eigenvalue weighted by molar-refractivity contribution is 5.31. The van der Waals surface area contributed by atoms with E-state index in [2.05, 4.69) is 57.3 Å². The largest absolute Gasteiger partial charge is 0.385 e. The summed E-state index contributed by atoms with van der Waals surface area (Å²) < 4.78 is 0. The van der Waals surface area contributed by atoms with Gasteiger partial charge in [0.2, 0.25) is 0 Å². The highest BCUT2D eigenvalue weighted by Gasteiger charge is 2.34. The van der Waals surface area contributed by atoms with Crippen LogP contribution in [0, 0.1) is 0 Å². The molecule has 0 aromatic heterocycles. The SMILES string of the molecule is CCNC1CCC(O)(c2ccc(C(C)(C)C)cc2)CC1. The third-order valence-electron chi connectivity index (χ3n) is 4.59. The molecule has 2 nitrogen and oxygen atoms in total. The van der Waals surface area contributed by atoms with E-state index in [0.717, 1.165) is 37.8 Å². The van der Waals surface area contributed by atoms with Crippen molar-refractivity contribution in [3.63, 3.8) is 0 Å². The van der Waals surface area contributed by atoms with E-state index in [1.54, 1.807) is 0 Å². The minimum atomic E-state index is -0.623. The molecule has 1 saturated carbocycles. The molecular formula is C18H29NO. The van der Waals surface area contributed by atoms with Crippen molar-refractivity contribution < 1.29 is 5.11 Å². The highest BCUT2D eigenvalue weighted by atomic mass is 16.3. The molecule has 0 aliphatic heterocycles. The highest BCUT2D eigenvalue weighted by Crippen LogP contribution is 2.37. The summed E-state index contributed by atoms with van der Waals surface area (Å²) in [7, 11) is 0. The van der Waals surface area contributed by atoms with Crippen LogP contribution >= 0.6 is 0 Å². The Bertz CT molecular complexity index is 422. The first-order chi connectivity index (χ1) is 9.35. The summed E-state index contributed by atoms with van der Waals surface area (Å²) in [6, 6.07) is 9.16. The summed E-state index contributed by atoms with van der Waals surface area (Å²) in [6.45, 7) is 9.82. The molecule has 2 heteroatoms. The fourth-order valence-electron chi connectivity index (χ4n) is 3.16. The van der Waals surface area contributed by atoms with E-state index in [1.807, 2.05) is 0 Å². The Labute approximate surface area is 123 Å². The quantitative estimate of drug-likeness (QED) is 0.881. The number of aliphatic hydroxyl groups is 1. The lowest BCUT2D eigenvalue weighted by atomic mass is 9.76. The molecule has 1 fully saturated rings. The van der Waals surface area contributed by atoms with Gasteiger partial charge in [0.1, 0.15) is 0 Å². The van der Waals surface area contributed by atoms with E-state index in [4.69, 9.17) is 0 Å². The molecular weight excluding hydrogens is 246 g/mol. The lowest BCUT2D eigenvalue weighted by Gasteiger charge is -2.37. The Morgan fingerprint density at radius 1 is 1.15 bits per heavy atom. The van der Waals surface area contributed by atoms with Gasteiger partial charge in [-0.25, -0.2) is 0 Å². The van der Waals surface area contributed by atoms with Gasteiger partial charge < -0.3 is 10.4 Å². The second-order valence-electron chi connectivity index (χ2n) is 7.19. The topological polar surface area (TPSA) is 32.3 Å². The predicted octanol–water partition coefficient (Wildman–Crippen LogP) is 3.72. The van der Waals surface area contributed by atoms with Crippen LogP contribution in [0.3, 0.4) is 0 Å². The van der Waals surface area contributed by atoms with Crippen molar-refractivity contribution in [3.05, 3.63) is 35.4 Å². The van der Waals surface area contributed by atoms with Crippen molar-refractivity contribution in [1.29, 1.82) is 0 Å². The van der Waals surface area contributed by atoms with Crippen molar-refractivity contribution in [3.8, 4) is 0 Å². The van der Waals surface area contributed by atoms with Crippen LogP contribution in [0.25, 0.3) is 0 Å². The second-order valence-corrected chi connectivity index (χ2v) is 7.19. The van der Waals surface area contributed by atoms with Gasteiger partial charge in [-0.3, -0.25) is 0 Å². The number of nitrogens with one attached hydrogen (secondary N) is 1. The number of rotatable bonds is 3. The second kappa shape index (κ2) is 5.87. The zero-order valence-corrected chi connectivity index (χ0v) is 13.4. The maximum atomic E-state index is 10.9. The van der Waals surface area contributed by atoms with Crippen LogP contribution in [-0.4, -0.2) is 17.7 Å². The molecule has 0 radical (unpaired) electrons. The van der Waals surface area contributed by atoms with E-state index in [-0.39, 0.29) is 5.41 Å². The summed E-state index contributed by atoms with van der Waals surface area (Å²) in [5.41, 5.74) is 1.96. The van der Waals surface area contributed by atoms with Crippen molar-refractivity contribution in [2.24, 2.45) is 0 Å². The van der Waals surface area contributed by atoms with Gasteiger partial charge in [0.15, 0.2) is 0 Å². The molecule has 20 heavy (non-hydrogen) atoms. The predicted molar refractivity (Wildman–Crippen MR) is 85.0 cm³/mol. The number of hydrogen-bond acceptors (Lipinski definition) is 2. The fourth-order valence-corrected chi connectivity index (χ4v) is 3.16. The van der Waals surface area contributed by atoms with Gasteiger partial charge in [-0.15, -0.1) is 0 Å². The normalized spacial score (nSPS) is 27.6. The first-order valence-electron chi connectivity index (χ1n) is 7.92. The summed E-state index contributed by atoms with van der Waals surface area (Å²) >= 11 is 0. The first-order valence-corrected chi connectivity index (χ1v) is 7.92. The zero-order chi connectivity index (χ0) is 14.8. The van der Waals surface area contributed by atoms with Gasteiger partial charge in [0, 0.05) is 6.04 Å². The maximum absolute atomic E-state index is 10.9. The zero-order valence-electron chi connectivity index (χ0n) is 13.4. The molecule has 1 aliphatic rings. The molecule has 0 amide bonds. The van der Waals surface area contributed by atoms with Crippen LogP contribution in [0.1, 0.15) is 64.5 Å². The van der Waals surface area contributed by atoms with Crippen LogP contribution in [-0.2, 0) is 11.0 Å². The van der Waals surface area contributed by atoms with Crippen molar-refractivity contribution in [1.82, 2.24) is 5.32 Å². The van der Waals surface area contributed by atoms with Gasteiger partial charge in [-0.2, -0.15) is 0 Å². The van der Waals surface area contributed by atoms with E-state index < -0.39 is 5.60 Å². The van der Waals surface area contributed by atoms with Crippen LogP contribution in [0.2, 0.25) is 0 Å². The Morgan fingerprint density at radius 3 is 2.15 bits per heavy atom. The summed E-state index contributed by atoms with van der Waals surface area (Å²) in [4.78, 5) is 0. The van der Waals surface area contributed by atoms with Gasteiger partial charge >= 0.3 is 0 Å². The number of hydrogen-bond donors (Lipinski definition) is 2. The first kappa shape index (κ1) is 15.5. The molecule has 2 N–H and O–H groups in total. The van der Waals surface area contributed by atoms with Crippen LogP contribution in [0.5, 0.6) is 0 Å². The molecule has 112 valence electrons. The van der Waals surface area contributed by atoms with Crippen molar-refractivity contribution in [2.45, 2.75) is 70.4 Å². The number of benzene rings is 1. The molecule has 0 bridgehead atoms. The van der Waals surface area contributed by atoms with Crippen molar-refractivity contribution >= 4 is 0 Å². The molecule has 0 spiro atoms. The standard InChI is InChI=1S/C18H29NO/c1-5-19-16-10-12-18(20,13-11-16)15-8-6-14(7-9-15)17(2,3)4/h6-9,16,19-20H,5,10-13H2,1-4H3. The summed E-state index contributed by atoms with van der Waals surface area (Å²) in [6.07, 6.45) is 3.84. The lowest BCUT2D eigenvalue weighted by molar-refractivity contribution is -0.00817. The maximum Gasteiger partial charge on any atom is 0.0897 e. The average Bonchev–Trinajstić information content (AvgIpc) is 2.41. The smallest absolute Gasteiger partial charge is 0.0897 e. The van der Waals surface area contributed by atoms with Crippen LogP contribution in [0.15, 0.2) is 24.3 Å². The van der Waals surface area contributed by atoms with Crippen LogP contribution < -0.4 is 5.32 Å². The Balaban J connectivity index is 2.08. The lowest BCUT2D eigenvalue weighted by Crippen LogP contribution is -2.39.